The van der Waals surface area contributed by atoms with Crippen molar-refractivity contribution in [2.45, 2.75) is 25.6 Å². The molecule has 220 valence electrons. The number of benzene rings is 2. The molecule has 3 aromatic rings. The number of alkyl halides is 3. The molecule has 0 aliphatic carbocycles. The number of nitrogens with zero attached hydrogens (tertiary/aromatic N) is 5. The summed E-state index contributed by atoms with van der Waals surface area (Å²) in [4.78, 5) is 30.2. The van der Waals surface area contributed by atoms with Crippen LogP contribution in [-0.2, 0) is 22.1 Å². The van der Waals surface area contributed by atoms with Gasteiger partial charge in [0.2, 0.25) is 5.95 Å². The van der Waals surface area contributed by atoms with Gasteiger partial charge in [-0.2, -0.15) is 18.4 Å². The topological polar surface area (TPSA) is 119 Å². The Bertz CT molecular complexity index is 1630. The Kier molecular flexibility index (Phi) is 7.94. The predicted octanol–water partition coefficient (Wildman–Crippen LogP) is 3.34. The number of nitrogens with one attached hydrogen (secondary N) is 2. The molecule has 2 aromatic carbocycles. The molecule has 0 radical (unpaired) electrons. The van der Waals surface area contributed by atoms with Crippen molar-refractivity contribution in [3.8, 4) is 6.07 Å². The number of aromatic nitrogens is 3. The molecule has 0 saturated carbocycles. The average Bonchev–Trinajstić information content (AvgIpc) is 3.32. The normalized spacial score (nSPS) is 17.2. The van der Waals surface area contributed by atoms with Gasteiger partial charge in [0.1, 0.15) is 6.04 Å². The van der Waals surface area contributed by atoms with Gasteiger partial charge in [-0.05, 0) is 67.8 Å². The van der Waals surface area contributed by atoms with Gasteiger partial charge in [0.15, 0.2) is 0 Å². The van der Waals surface area contributed by atoms with E-state index >= 15 is 0 Å². The number of methoxy groups -OCH3 is 1. The first-order valence-electron chi connectivity index (χ1n) is 13.4. The van der Waals surface area contributed by atoms with Crippen LogP contribution in [0.5, 0.6) is 0 Å². The molecule has 13 heteroatoms. The fraction of sp³-hybridized carbons (Fsp3) is 0.379. The number of rotatable bonds is 8. The molecule has 0 bridgehead atoms. The van der Waals surface area contributed by atoms with Crippen LogP contribution in [0.15, 0.2) is 58.5 Å². The Hall–Kier alpha value is -4.41. The molecule has 2 N–H and O–H groups in total. The molecule has 5 rings (SSSR count). The van der Waals surface area contributed by atoms with E-state index in [1.807, 2.05) is 7.05 Å². The maximum Gasteiger partial charge on any atom is 0.416 e. The molecule has 1 aromatic heterocycles. The number of fused-ring (bicyclic) bond motifs is 1. The molecular formula is C29H30F3N7O3. The number of carbonyl (C=O) groups excluding carboxylic acids is 1. The predicted molar refractivity (Wildman–Crippen MR) is 148 cm³/mol. The summed E-state index contributed by atoms with van der Waals surface area (Å²) in [5.74, 6) is -0.179. The van der Waals surface area contributed by atoms with E-state index in [2.05, 4.69) is 26.5 Å². The van der Waals surface area contributed by atoms with Crippen molar-refractivity contribution in [1.29, 1.82) is 5.26 Å². The summed E-state index contributed by atoms with van der Waals surface area (Å²) >= 11 is 0. The van der Waals surface area contributed by atoms with Crippen LogP contribution in [-0.4, -0.2) is 66.0 Å². The van der Waals surface area contributed by atoms with Crippen LogP contribution < -0.4 is 15.9 Å². The summed E-state index contributed by atoms with van der Waals surface area (Å²) < 4.78 is 47.2. The molecule has 2 aliphatic heterocycles. The third-order valence-corrected chi connectivity index (χ3v) is 7.75. The Balaban J connectivity index is 1.65. The van der Waals surface area contributed by atoms with E-state index in [0.29, 0.717) is 30.0 Å². The fourth-order valence-corrected chi connectivity index (χ4v) is 5.56. The molecule has 0 unspecified atom stereocenters. The van der Waals surface area contributed by atoms with Gasteiger partial charge >= 0.3 is 17.8 Å². The lowest BCUT2D eigenvalue weighted by Gasteiger charge is -2.36. The molecule has 10 nitrogen and oxygen atoms in total. The fourth-order valence-electron chi connectivity index (χ4n) is 5.56. The van der Waals surface area contributed by atoms with Crippen LogP contribution >= 0.6 is 0 Å². The van der Waals surface area contributed by atoms with Crippen molar-refractivity contribution in [2.75, 3.05) is 45.2 Å². The Morgan fingerprint density at radius 3 is 2.64 bits per heavy atom. The van der Waals surface area contributed by atoms with Crippen molar-refractivity contribution in [3.63, 3.8) is 0 Å². The van der Waals surface area contributed by atoms with Gasteiger partial charge < -0.3 is 15.0 Å². The Labute approximate surface area is 240 Å². The SMILES string of the molecule is COC(=O)C1=C(C)N(c2cccc(C(F)(F)F)c2)c2n[nH]c(=O)n2[C@@H]1c1ccc(C#N)cc1CCN(C)CC1CNC1. The molecule has 42 heavy (non-hydrogen) atoms. The van der Waals surface area contributed by atoms with Crippen LogP contribution in [0.25, 0.3) is 0 Å². The van der Waals surface area contributed by atoms with E-state index in [9.17, 15) is 28.0 Å². The number of allylic oxidation sites excluding steroid dienone is 1. The molecule has 3 heterocycles. The standard InChI is InChI=1S/C29H30F3N7O3/c1-17-24(26(40)42-3)25(23-8-7-18(13-33)11-20(23)9-10-37(2)16-19-14-34-15-19)39-27(35-36-28(39)41)38(17)22-6-4-5-21(12-22)29(30,31)32/h4-8,11-12,19,25,34H,9-10,14-16H2,1-3H3,(H,36,41)/t25-/m1/s1. The average molecular weight is 582 g/mol. The number of carbonyl (C=O) groups is 1. The van der Waals surface area contributed by atoms with Crippen LogP contribution in [0.3, 0.4) is 0 Å². The van der Waals surface area contributed by atoms with E-state index in [1.54, 1.807) is 25.1 Å². The smallest absolute Gasteiger partial charge is 0.416 e. The third kappa shape index (κ3) is 5.43. The number of nitriles is 1. The number of aromatic amines is 1. The first kappa shape index (κ1) is 29.1. The van der Waals surface area contributed by atoms with Crippen molar-refractivity contribution in [2.24, 2.45) is 5.92 Å². The van der Waals surface area contributed by atoms with Crippen LogP contribution in [0, 0.1) is 17.2 Å². The van der Waals surface area contributed by atoms with E-state index in [4.69, 9.17) is 4.74 Å². The first-order chi connectivity index (χ1) is 20.0. The third-order valence-electron chi connectivity index (χ3n) is 7.75. The molecule has 1 atom stereocenters. The lowest BCUT2D eigenvalue weighted by atomic mass is 9.89. The molecule has 1 fully saturated rings. The minimum Gasteiger partial charge on any atom is -0.466 e. The monoisotopic (exact) mass is 581 g/mol. The van der Waals surface area contributed by atoms with Gasteiger partial charge in [-0.1, -0.05) is 12.1 Å². The summed E-state index contributed by atoms with van der Waals surface area (Å²) in [5, 5.41) is 19.4. The van der Waals surface area contributed by atoms with Gasteiger partial charge in [-0.3, -0.25) is 4.90 Å². The number of anilines is 2. The van der Waals surface area contributed by atoms with Gasteiger partial charge in [0.25, 0.3) is 0 Å². The molecule has 1 saturated heterocycles. The minimum atomic E-state index is -4.61. The second kappa shape index (κ2) is 11.5. The minimum absolute atomic E-state index is 0.0133. The molecule has 0 amide bonds. The maximum atomic E-state index is 13.6. The number of H-pyrrole nitrogens is 1. The van der Waals surface area contributed by atoms with Crippen LogP contribution in [0.2, 0.25) is 0 Å². The Morgan fingerprint density at radius 1 is 1.24 bits per heavy atom. The maximum absolute atomic E-state index is 13.6. The summed E-state index contributed by atoms with van der Waals surface area (Å²) in [5.41, 5.74) is 0.573. The lowest BCUT2D eigenvalue weighted by molar-refractivity contribution is -0.138. The van der Waals surface area contributed by atoms with E-state index in [1.165, 1.54) is 28.7 Å². The lowest BCUT2D eigenvalue weighted by Crippen LogP contribution is -2.47. The van der Waals surface area contributed by atoms with E-state index < -0.39 is 29.4 Å². The zero-order chi connectivity index (χ0) is 30.2. The number of hydrogen-bond donors (Lipinski definition) is 2. The highest BCUT2D eigenvalue weighted by atomic mass is 19.4. The number of ether oxygens (including phenoxy) is 1. The first-order valence-corrected chi connectivity index (χ1v) is 13.4. The Morgan fingerprint density at radius 2 is 2.00 bits per heavy atom. The number of likely N-dealkylation sites (N-methyl/N-ethyl adjacent to an activating group) is 1. The largest absolute Gasteiger partial charge is 0.466 e. The quantitative estimate of drug-likeness (QED) is 0.389. The highest BCUT2D eigenvalue weighted by molar-refractivity contribution is 5.93. The van der Waals surface area contributed by atoms with Crippen molar-refractivity contribution in [3.05, 3.63) is 86.5 Å². The molecule has 0 spiro atoms. The summed E-state index contributed by atoms with van der Waals surface area (Å²) in [7, 11) is 3.22. The molecular weight excluding hydrogens is 551 g/mol. The molecule has 2 aliphatic rings. The summed E-state index contributed by atoms with van der Waals surface area (Å²) in [6, 6.07) is 10.8. The zero-order valence-corrected chi connectivity index (χ0v) is 23.3. The second-order valence-electron chi connectivity index (χ2n) is 10.5. The van der Waals surface area contributed by atoms with Gasteiger partial charge in [0, 0.05) is 37.6 Å². The van der Waals surface area contributed by atoms with Crippen LogP contribution in [0.1, 0.15) is 35.2 Å². The number of esters is 1. The van der Waals surface area contributed by atoms with Gasteiger partial charge in [-0.15, -0.1) is 5.10 Å². The number of halogens is 3. The second-order valence-corrected chi connectivity index (χ2v) is 10.5. The highest BCUT2D eigenvalue weighted by Gasteiger charge is 2.41. The summed E-state index contributed by atoms with van der Waals surface area (Å²) in [6.07, 6.45) is -4.09. The summed E-state index contributed by atoms with van der Waals surface area (Å²) in [6.45, 7) is 5.05. The van der Waals surface area contributed by atoms with E-state index in [0.717, 1.165) is 37.3 Å². The van der Waals surface area contributed by atoms with Crippen molar-refractivity contribution < 1.29 is 22.7 Å². The zero-order valence-electron chi connectivity index (χ0n) is 23.3. The van der Waals surface area contributed by atoms with Crippen LogP contribution in [0.4, 0.5) is 24.8 Å². The van der Waals surface area contributed by atoms with Gasteiger partial charge in [0.05, 0.1) is 29.9 Å². The highest BCUT2D eigenvalue weighted by Crippen LogP contribution is 2.43. The van der Waals surface area contributed by atoms with E-state index in [-0.39, 0.29) is 22.9 Å². The van der Waals surface area contributed by atoms with Crippen molar-refractivity contribution in [1.82, 2.24) is 25.0 Å². The number of hydrogen-bond acceptors (Lipinski definition) is 8. The van der Waals surface area contributed by atoms with Gasteiger partial charge in [-0.25, -0.2) is 19.3 Å². The van der Waals surface area contributed by atoms with Crippen molar-refractivity contribution >= 4 is 17.6 Å².